The third kappa shape index (κ3) is 4.57. The summed E-state index contributed by atoms with van der Waals surface area (Å²) in [6.07, 6.45) is 0. The molecule has 0 spiro atoms. The molecule has 1 aromatic rings. The molecule has 84 valence electrons. The van der Waals surface area contributed by atoms with Gasteiger partial charge in [0.05, 0.1) is 25.3 Å². The Bertz CT molecular complexity index is 336. The van der Waals surface area contributed by atoms with E-state index in [1.54, 1.807) is 18.2 Å². The number of benzene rings is 1. The van der Waals surface area contributed by atoms with Crippen molar-refractivity contribution in [3.63, 3.8) is 0 Å². The maximum atomic E-state index is 11.1. The molecule has 16 heavy (non-hydrogen) atoms. The predicted molar refractivity (Wildman–Crippen MR) is 66.7 cm³/mol. The number of rotatable bonds is 2. The van der Waals surface area contributed by atoms with Crippen molar-refractivity contribution in [2.75, 3.05) is 14.2 Å². The van der Waals surface area contributed by atoms with Gasteiger partial charge >= 0.3 is 41.5 Å². The second-order valence-corrected chi connectivity index (χ2v) is 2.56. The number of carbonyl (C=O) groups excluding carboxylic acids is 2. The first-order valence-electron chi connectivity index (χ1n) is 3.95. The van der Waals surface area contributed by atoms with Gasteiger partial charge < -0.3 is 9.47 Å². The maximum absolute atomic E-state index is 11.1. The van der Waals surface area contributed by atoms with Crippen LogP contribution in [0.25, 0.3) is 0 Å². The topological polar surface area (TPSA) is 52.6 Å². The number of methoxy groups -OCH3 is 2. The van der Waals surface area contributed by atoms with E-state index >= 15 is 0 Å². The van der Waals surface area contributed by atoms with Crippen LogP contribution in [0.3, 0.4) is 0 Å². The van der Waals surface area contributed by atoms with Gasteiger partial charge in [-0.2, -0.15) is 13.5 Å². The van der Waals surface area contributed by atoms with Crippen molar-refractivity contribution in [2.24, 2.45) is 0 Å². The molecule has 1 aromatic carbocycles. The summed E-state index contributed by atoms with van der Waals surface area (Å²) < 4.78 is 9.03. The number of hydrogen-bond donors (Lipinski definition) is 0. The molecular weight excluding hydrogens is 239 g/mol. The minimum atomic E-state index is -0.476. The molecule has 0 amide bonds. The van der Waals surface area contributed by atoms with Crippen molar-refractivity contribution in [3.8, 4) is 0 Å². The summed E-state index contributed by atoms with van der Waals surface area (Å²) >= 11 is 0. The Morgan fingerprint density at radius 3 is 1.69 bits per heavy atom. The van der Waals surface area contributed by atoms with Gasteiger partial charge in [-0.3, -0.25) is 0 Å². The summed E-state index contributed by atoms with van der Waals surface area (Å²) in [6, 6.07) is 6.16. The van der Waals surface area contributed by atoms with E-state index in [-0.39, 0.29) is 43.1 Å². The Morgan fingerprint density at radius 1 is 1.00 bits per heavy atom. The third-order valence-electron chi connectivity index (χ3n) is 1.70. The fraction of sp³-hybridized carbons (Fsp3) is 0.200. The van der Waals surface area contributed by atoms with Crippen LogP contribution in [0.4, 0.5) is 0 Å². The molecule has 6 heteroatoms. The Hall–Kier alpha value is -0.490. The number of esters is 2. The first-order valence-corrected chi connectivity index (χ1v) is 3.95. The molecule has 0 aromatic heterocycles. The molecule has 0 saturated heterocycles. The molecular formula is C10H13NaO4S. The molecule has 0 unspecified atom stereocenters. The molecule has 0 N–H and O–H groups in total. The quantitative estimate of drug-likeness (QED) is 0.575. The van der Waals surface area contributed by atoms with Gasteiger partial charge in [0.2, 0.25) is 0 Å². The molecule has 0 aliphatic carbocycles. The summed E-state index contributed by atoms with van der Waals surface area (Å²) in [5.41, 5.74) is 0.658. The Kier molecular flexibility index (Phi) is 9.66. The number of hydrogen-bond acceptors (Lipinski definition) is 4. The summed E-state index contributed by atoms with van der Waals surface area (Å²) in [6.45, 7) is 0. The second kappa shape index (κ2) is 8.64. The van der Waals surface area contributed by atoms with Crippen LogP contribution >= 0.6 is 13.5 Å². The van der Waals surface area contributed by atoms with Crippen molar-refractivity contribution >= 4 is 55.0 Å². The summed E-state index contributed by atoms with van der Waals surface area (Å²) in [4.78, 5) is 22.2. The van der Waals surface area contributed by atoms with E-state index in [0.717, 1.165) is 0 Å². The van der Waals surface area contributed by atoms with Crippen LogP contribution in [0.15, 0.2) is 24.3 Å². The van der Waals surface area contributed by atoms with Gasteiger partial charge in [-0.15, -0.1) is 0 Å². The fourth-order valence-corrected chi connectivity index (χ4v) is 1.01. The molecule has 0 saturated carbocycles. The van der Waals surface area contributed by atoms with Gasteiger partial charge in [0.25, 0.3) is 0 Å². The molecule has 0 radical (unpaired) electrons. The van der Waals surface area contributed by atoms with E-state index in [4.69, 9.17) is 0 Å². The second-order valence-electron chi connectivity index (χ2n) is 2.56. The average Bonchev–Trinajstić information content (AvgIpc) is 2.27. The summed E-state index contributed by atoms with van der Waals surface area (Å²) in [7, 11) is 2.57. The molecule has 0 atom stereocenters. The van der Waals surface area contributed by atoms with Crippen LogP contribution in [0.2, 0.25) is 0 Å². The first-order chi connectivity index (χ1) is 6.69. The van der Waals surface area contributed by atoms with Crippen LogP contribution in [0.5, 0.6) is 0 Å². The van der Waals surface area contributed by atoms with Crippen LogP contribution in [-0.2, 0) is 9.47 Å². The van der Waals surface area contributed by atoms with Gasteiger partial charge in [0.15, 0.2) is 0 Å². The molecule has 0 heterocycles. The normalized spacial score (nSPS) is 8.12. The van der Waals surface area contributed by atoms with Gasteiger partial charge in [-0.1, -0.05) is 6.07 Å². The molecule has 0 fully saturated rings. The third-order valence-corrected chi connectivity index (χ3v) is 1.70. The van der Waals surface area contributed by atoms with Crippen molar-refractivity contribution < 1.29 is 19.1 Å². The van der Waals surface area contributed by atoms with E-state index in [1.165, 1.54) is 20.3 Å². The summed E-state index contributed by atoms with van der Waals surface area (Å²) in [5, 5.41) is 0. The monoisotopic (exact) mass is 252 g/mol. The molecule has 0 aliphatic rings. The fourth-order valence-electron chi connectivity index (χ4n) is 1.01. The summed E-state index contributed by atoms with van der Waals surface area (Å²) in [5.74, 6) is -0.952. The van der Waals surface area contributed by atoms with Gasteiger partial charge in [-0.25, -0.2) is 9.59 Å². The van der Waals surface area contributed by atoms with E-state index in [0.29, 0.717) is 11.1 Å². The van der Waals surface area contributed by atoms with Crippen molar-refractivity contribution in [2.45, 2.75) is 0 Å². The molecule has 1 rings (SSSR count). The zero-order chi connectivity index (χ0) is 10.6. The van der Waals surface area contributed by atoms with Crippen LogP contribution in [0, 0.1) is 0 Å². The SMILES string of the molecule is COC(=O)c1cccc(C(=O)OC)c1.S.[NaH]. The average molecular weight is 252 g/mol. The van der Waals surface area contributed by atoms with Crippen LogP contribution < -0.4 is 0 Å². The van der Waals surface area contributed by atoms with E-state index < -0.39 is 11.9 Å². The first kappa shape index (κ1) is 17.9. The molecule has 0 aliphatic heterocycles. The minimum absolute atomic E-state index is 0. The zero-order valence-electron chi connectivity index (χ0n) is 8.44. The molecule has 4 nitrogen and oxygen atoms in total. The van der Waals surface area contributed by atoms with Crippen molar-refractivity contribution in [1.82, 2.24) is 0 Å². The zero-order valence-corrected chi connectivity index (χ0v) is 9.44. The standard InChI is InChI=1S/C10H10O4.Na.H2S.H/c1-13-9(11)7-4-3-5-8(6-7)10(12)14-2;;;/h3-6H,1-2H3;;1H2;. The van der Waals surface area contributed by atoms with Crippen LogP contribution in [-0.4, -0.2) is 55.7 Å². The van der Waals surface area contributed by atoms with Crippen molar-refractivity contribution in [3.05, 3.63) is 35.4 Å². The number of ether oxygens (including phenoxy) is 2. The Morgan fingerprint density at radius 2 is 1.38 bits per heavy atom. The Balaban J connectivity index is 0. The predicted octanol–water partition coefficient (Wildman–Crippen LogP) is 0.724. The van der Waals surface area contributed by atoms with Crippen LogP contribution in [0.1, 0.15) is 20.7 Å². The van der Waals surface area contributed by atoms with Crippen molar-refractivity contribution in [1.29, 1.82) is 0 Å². The van der Waals surface area contributed by atoms with E-state index in [1.807, 2.05) is 0 Å². The Labute approximate surface area is 123 Å². The molecule has 0 bridgehead atoms. The van der Waals surface area contributed by atoms with E-state index in [9.17, 15) is 9.59 Å². The van der Waals surface area contributed by atoms with Gasteiger partial charge in [-0.05, 0) is 18.2 Å². The van der Waals surface area contributed by atoms with Gasteiger partial charge in [0.1, 0.15) is 0 Å². The number of carbonyl (C=O) groups is 2. The van der Waals surface area contributed by atoms with E-state index in [2.05, 4.69) is 9.47 Å². The van der Waals surface area contributed by atoms with Gasteiger partial charge in [0, 0.05) is 0 Å².